The number of hydrogen-bond donors (Lipinski definition) is 1. The van der Waals surface area contributed by atoms with E-state index in [0.29, 0.717) is 33.5 Å². The molecule has 0 saturated carbocycles. The second kappa shape index (κ2) is 7.86. The van der Waals surface area contributed by atoms with Gasteiger partial charge in [-0.15, -0.1) is 0 Å². The largest absolute Gasteiger partial charge is 0.495 e. The van der Waals surface area contributed by atoms with Gasteiger partial charge in [0.15, 0.2) is 10.9 Å². The van der Waals surface area contributed by atoms with Crippen molar-refractivity contribution in [2.24, 2.45) is 10.8 Å². The van der Waals surface area contributed by atoms with E-state index in [-0.39, 0.29) is 0 Å². The lowest BCUT2D eigenvalue weighted by molar-refractivity contribution is 0.413. The van der Waals surface area contributed by atoms with Crippen LogP contribution in [0.2, 0.25) is 0 Å². The van der Waals surface area contributed by atoms with Gasteiger partial charge in [0.1, 0.15) is 23.2 Å². The molecule has 31 heavy (non-hydrogen) atoms. The highest BCUT2D eigenvalue weighted by Crippen LogP contribution is 2.34. The number of hydrogen-bond acceptors (Lipinski definition) is 7. The Morgan fingerprint density at radius 2 is 1.81 bits per heavy atom. The van der Waals surface area contributed by atoms with Crippen LogP contribution in [0.3, 0.4) is 0 Å². The van der Waals surface area contributed by atoms with Crippen LogP contribution in [-0.4, -0.2) is 22.2 Å². The molecule has 1 unspecified atom stereocenters. The molecule has 0 bridgehead atoms. The van der Waals surface area contributed by atoms with Gasteiger partial charge >= 0.3 is 0 Å². The Hall–Kier alpha value is -3.68. The Morgan fingerprint density at radius 3 is 2.61 bits per heavy atom. The SMILES string of the molecule is COc1cnc2c(Oc3ccc(N4N=C(Cl)c5ccccc5C4N)cc3)ccnc2c1. The van der Waals surface area contributed by atoms with Crippen molar-refractivity contribution in [3.8, 4) is 17.2 Å². The van der Waals surface area contributed by atoms with Gasteiger partial charge in [-0.2, -0.15) is 5.10 Å². The number of benzene rings is 2. The molecule has 2 aromatic heterocycles. The van der Waals surface area contributed by atoms with Crippen LogP contribution in [0.5, 0.6) is 17.2 Å². The summed E-state index contributed by atoms with van der Waals surface area (Å²) >= 11 is 6.38. The van der Waals surface area contributed by atoms with E-state index in [1.54, 1.807) is 30.6 Å². The van der Waals surface area contributed by atoms with Crippen LogP contribution in [0.4, 0.5) is 5.69 Å². The zero-order chi connectivity index (χ0) is 21.4. The Kier molecular flexibility index (Phi) is 4.89. The molecule has 0 saturated heterocycles. The highest BCUT2D eigenvalue weighted by molar-refractivity contribution is 6.70. The summed E-state index contributed by atoms with van der Waals surface area (Å²) in [5, 5.41) is 6.57. The zero-order valence-electron chi connectivity index (χ0n) is 16.6. The molecule has 0 fully saturated rings. The summed E-state index contributed by atoms with van der Waals surface area (Å²) in [7, 11) is 1.59. The summed E-state index contributed by atoms with van der Waals surface area (Å²) in [4.78, 5) is 8.74. The molecule has 1 atom stereocenters. The van der Waals surface area contributed by atoms with Crippen molar-refractivity contribution in [3.05, 3.63) is 84.2 Å². The van der Waals surface area contributed by atoms with Gasteiger partial charge in [-0.1, -0.05) is 35.9 Å². The Bertz CT molecular complexity index is 1290. The molecule has 3 heterocycles. The van der Waals surface area contributed by atoms with Gasteiger partial charge in [0.25, 0.3) is 0 Å². The van der Waals surface area contributed by atoms with Crippen molar-refractivity contribution in [2.75, 3.05) is 12.1 Å². The predicted molar refractivity (Wildman–Crippen MR) is 121 cm³/mol. The van der Waals surface area contributed by atoms with Crippen LogP contribution < -0.4 is 20.2 Å². The van der Waals surface area contributed by atoms with Crippen molar-refractivity contribution in [1.82, 2.24) is 9.97 Å². The lowest BCUT2D eigenvalue weighted by Gasteiger charge is -2.31. The molecular formula is C23H18ClN5O2. The Morgan fingerprint density at radius 1 is 1.00 bits per heavy atom. The summed E-state index contributed by atoms with van der Waals surface area (Å²) in [5.74, 6) is 1.89. The average molecular weight is 432 g/mol. The molecule has 2 N–H and O–H groups in total. The number of halogens is 1. The maximum atomic E-state index is 6.44. The van der Waals surface area contributed by atoms with Crippen molar-refractivity contribution in [1.29, 1.82) is 0 Å². The summed E-state index contributed by atoms with van der Waals surface area (Å²) in [5.41, 5.74) is 10.4. The van der Waals surface area contributed by atoms with Gasteiger partial charge in [0, 0.05) is 29.5 Å². The van der Waals surface area contributed by atoms with Crippen LogP contribution in [0, 0.1) is 0 Å². The average Bonchev–Trinajstić information content (AvgIpc) is 2.82. The standard InChI is InChI=1S/C23H18ClN5O2/c1-30-16-12-19-21(27-13-16)20(10-11-26-19)31-15-8-6-14(7-9-15)29-23(25)18-5-3-2-4-17(18)22(24)28-29/h2-13,23H,25H2,1H3. The molecule has 5 rings (SSSR count). The minimum Gasteiger partial charge on any atom is -0.495 e. The number of hydrazone groups is 1. The van der Waals surface area contributed by atoms with Gasteiger partial charge in [0.05, 0.1) is 24.5 Å². The maximum Gasteiger partial charge on any atom is 0.157 e. The molecule has 1 aliphatic heterocycles. The molecule has 7 nitrogen and oxygen atoms in total. The highest BCUT2D eigenvalue weighted by Gasteiger charge is 2.26. The second-order valence-electron chi connectivity index (χ2n) is 6.92. The first-order valence-electron chi connectivity index (χ1n) is 9.59. The third-order valence-corrected chi connectivity index (χ3v) is 5.32. The number of anilines is 1. The topological polar surface area (TPSA) is 85.9 Å². The van der Waals surface area contributed by atoms with Crippen LogP contribution in [0.1, 0.15) is 17.3 Å². The van der Waals surface area contributed by atoms with E-state index in [1.165, 1.54) is 0 Å². The first-order chi connectivity index (χ1) is 15.1. The van der Waals surface area contributed by atoms with Crippen LogP contribution in [0.25, 0.3) is 11.0 Å². The van der Waals surface area contributed by atoms with Crippen LogP contribution in [0.15, 0.2) is 78.2 Å². The maximum absolute atomic E-state index is 6.44. The van der Waals surface area contributed by atoms with Gasteiger partial charge in [-0.3, -0.25) is 4.98 Å². The minimum atomic E-state index is -0.436. The Labute approximate surface area is 183 Å². The summed E-state index contributed by atoms with van der Waals surface area (Å²) in [6, 6.07) is 18.8. The molecule has 2 aromatic carbocycles. The molecule has 0 amide bonds. The molecule has 8 heteroatoms. The molecule has 0 aliphatic carbocycles. The summed E-state index contributed by atoms with van der Waals surface area (Å²) < 4.78 is 11.3. The first kappa shape index (κ1) is 19.3. The summed E-state index contributed by atoms with van der Waals surface area (Å²) in [6.45, 7) is 0. The van der Waals surface area contributed by atoms with Gasteiger partial charge in [-0.05, 0) is 24.3 Å². The molecule has 4 aromatic rings. The zero-order valence-corrected chi connectivity index (χ0v) is 17.3. The smallest absolute Gasteiger partial charge is 0.157 e. The van der Waals surface area contributed by atoms with Crippen molar-refractivity contribution in [2.45, 2.75) is 6.17 Å². The van der Waals surface area contributed by atoms with E-state index in [9.17, 15) is 0 Å². The van der Waals surface area contributed by atoms with Crippen molar-refractivity contribution < 1.29 is 9.47 Å². The summed E-state index contributed by atoms with van der Waals surface area (Å²) in [6.07, 6.45) is 2.87. The number of fused-ring (bicyclic) bond motifs is 2. The number of aromatic nitrogens is 2. The second-order valence-corrected chi connectivity index (χ2v) is 7.27. The van der Waals surface area contributed by atoms with Gasteiger partial charge in [0.2, 0.25) is 0 Å². The van der Waals surface area contributed by atoms with Crippen molar-refractivity contribution >= 4 is 33.5 Å². The molecule has 154 valence electrons. The molecule has 1 aliphatic rings. The number of nitrogens with two attached hydrogens (primary N) is 1. The van der Waals surface area contributed by atoms with Crippen LogP contribution >= 0.6 is 11.6 Å². The fourth-order valence-corrected chi connectivity index (χ4v) is 3.73. The number of nitrogens with zero attached hydrogens (tertiary/aromatic N) is 4. The molecule has 0 radical (unpaired) electrons. The normalized spacial score (nSPS) is 15.4. The number of rotatable bonds is 4. The van der Waals surface area contributed by atoms with E-state index >= 15 is 0 Å². The number of methoxy groups -OCH3 is 1. The fraction of sp³-hybridized carbons (Fsp3) is 0.0870. The lowest BCUT2D eigenvalue weighted by atomic mass is 10.0. The number of pyridine rings is 2. The van der Waals surface area contributed by atoms with E-state index in [2.05, 4.69) is 15.1 Å². The quantitative estimate of drug-likeness (QED) is 0.499. The Balaban J connectivity index is 1.42. The van der Waals surface area contributed by atoms with E-state index in [4.69, 9.17) is 26.8 Å². The molecule has 0 spiro atoms. The third-order valence-electron chi connectivity index (χ3n) is 5.04. The fourth-order valence-electron chi connectivity index (χ4n) is 3.48. The van der Waals surface area contributed by atoms with E-state index in [0.717, 1.165) is 16.8 Å². The van der Waals surface area contributed by atoms with Crippen molar-refractivity contribution in [3.63, 3.8) is 0 Å². The van der Waals surface area contributed by atoms with Crippen LogP contribution in [-0.2, 0) is 0 Å². The monoisotopic (exact) mass is 431 g/mol. The first-order valence-corrected chi connectivity index (χ1v) is 9.97. The molecular weight excluding hydrogens is 414 g/mol. The van der Waals surface area contributed by atoms with Gasteiger partial charge in [-0.25, -0.2) is 9.99 Å². The highest BCUT2D eigenvalue weighted by atomic mass is 35.5. The predicted octanol–water partition coefficient (Wildman–Crippen LogP) is 4.81. The van der Waals surface area contributed by atoms with Gasteiger partial charge < -0.3 is 15.2 Å². The third kappa shape index (κ3) is 3.54. The minimum absolute atomic E-state index is 0.405. The van der Waals surface area contributed by atoms with E-state index < -0.39 is 6.17 Å². The van der Waals surface area contributed by atoms with E-state index in [1.807, 2.05) is 54.6 Å². The number of ether oxygens (including phenoxy) is 2. The lowest BCUT2D eigenvalue weighted by Crippen LogP contribution is -2.35.